The van der Waals surface area contributed by atoms with Gasteiger partial charge in [0.1, 0.15) is 5.54 Å². The Bertz CT molecular complexity index is 390. The molecule has 0 saturated carbocycles. The molecule has 0 spiro atoms. The van der Waals surface area contributed by atoms with Gasteiger partial charge in [0.15, 0.2) is 0 Å². The molecule has 0 saturated heterocycles. The number of carboxylic acid groups (broad SMARTS) is 2. The molecule has 2 N–H and O–H groups in total. The standard InChI is InChI=1S/C13H21NO4/c1-5-12(10(15)16)7-6-8-13(9(12)2,11(17)18)14(3)4/h6,8-9H,5,7H2,1-4H3,(H,15,16)(H,17,18). The van der Waals surface area contributed by atoms with Gasteiger partial charge in [-0.3, -0.25) is 9.69 Å². The highest BCUT2D eigenvalue weighted by Crippen LogP contribution is 2.47. The van der Waals surface area contributed by atoms with Crippen LogP contribution in [0.1, 0.15) is 26.7 Å². The first-order valence-corrected chi connectivity index (χ1v) is 6.07. The normalized spacial score (nSPS) is 35.7. The molecule has 0 aromatic carbocycles. The first-order chi connectivity index (χ1) is 8.25. The van der Waals surface area contributed by atoms with Crippen molar-refractivity contribution in [2.24, 2.45) is 11.3 Å². The Kier molecular flexibility index (Phi) is 3.86. The van der Waals surface area contributed by atoms with E-state index >= 15 is 0 Å². The lowest BCUT2D eigenvalue weighted by molar-refractivity contribution is -0.164. The molecular formula is C13H21NO4. The zero-order valence-corrected chi connectivity index (χ0v) is 11.3. The number of likely N-dealkylation sites (N-methyl/N-ethyl adjacent to an activating group) is 1. The molecule has 3 unspecified atom stereocenters. The summed E-state index contributed by atoms with van der Waals surface area (Å²) in [7, 11) is 3.34. The molecule has 5 heteroatoms. The number of rotatable bonds is 4. The van der Waals surface area contributed by atoms with Crippen LogP contribution in [0.3, 0.4) is 0 Å². The Morgan fingerprint density at radius 1 is 1.33 bits per heavy atom. The molecule has 0 fully saturated rings. The minimum Gasteiger partial charge on any atom is -0.481 e. The van der Waals surface area contributed by atoms with Gasteiger partial charge in [-0.2, -0.15) is 0 Å². The molecule has 0 bridgehead atoms. The quantitative estimate of drug-likeness (QED) is 0.743. The van der Waals surface area contributed by atoms with Crippen molar-refractivity contribution in [3.63, 3.8) is 0 Å². The lowest BCUT2D eigenvalue weighted by atomic mass is 9.60. The van der Waals surface area contributed by atoms with E-state index < -0.39 is 28.8 Å². The van der Waals surface area contributed by atoms with Crippen molar-refractivity contribution in [1.29, 1.82) is 0 Å². The highest BCUT2D eigenvalue weighted by molar-refractivity contribution is 5.85. The number of allylic oxidation sites excluding steroid dienone is 1. The summed E-state index contributed by atoms with van der Waals surface area (Å²) in [5, 5.41) is 19.1. The Balaban J connectivity index is 3.41. The van der Waals surface area contributed by atoms with Gasteiger partial charge in [0.05, 0.1) is 5.41 Å². The van der Waals surface area contributed by atoms with Gasteiger partial charge >= 0.3 is 11.9 Å². The summed E-state index contributed by atoms with van der Waals surface area (Å²) in [6.07, 6.45) is 4.10. The predicted molar refractivity (Wildman–Crippen MR) is 67.3 cm³/mol. The smallest absolute Gasteiger partial charge is 0.328 e. The Morgan fingerprint density at radius 2 is 1.89 bits per heavy atom. The molecule has 1 rings (SSSR count). The van der Waals surface area contributed by atoms with Crippen molar-refractivity contribution in [1.82, 2.24) is 4.90 Å². The van der Waals surface area contributed by atoms with Crippen LogP contribution in [0.5, 0.6) is 0 Å². The minimum absolute atomic E-state index is 0.378. The van der Waals surface area contributed by atoms with Crippen molar-refractivity contribution in [2.75, 3.05) is 14.1 Å². The lowest BCUT2D eigenvalue weighted by Gasteiger charge is -2.48. The number of carboxylic acids is 2. The van der Waals surface area contributed by atoms with Crippen molar-refractivity contribution in [3.8, 4) is 0 Å². The number of carbonyl (C=O) groups is 2. The van der Waals surface area contributed by atoms with Gasteiger partial charge in [0.2, 0.25) is 0 Å². The van der Waals surface area contributed by atoms with Crippen molar-refractivity contribution in [2.45, 2.75) is 32.2 Å². The number of aliphatic carboxylic acids is 2. The van der Waals surface area contributed by atoms with Crippen LogP contribution in [-0.2, 0) is 9.59 Å². The number of hydrogen-bond donors (Lipinski definition) is 2. The number of hydrogen-bond acceptors (Lipinski definition) is 3. The van der Waals surface area contributed by atoms with Crippen LogP contribution >= 0.6 is 0 Å². The van der Waals surface area contributed by atoms with Gasteiger partial charge in [-0.25, -0.2) is 4.79 Å². The summed E-state index contributed by atoms with van der Waals surface area (Å²) in [5.41, 5.74) is -2.27. The fourth-order valence-corrected chi connectivity index (χ4v) is 3.05. The summed E-state index contributed by atoms with van der Waals surface area (Å²) in [6, 6.07) is 0. The molecule has 0 amide bonds. The Labute approximate surface area is 107 Å². The van der Waals surface area contributed by atoms with Crippen molar-refractivity contribution in [3.05, 3.63) is 12.2 Å². The molecule has 0 heterocycles. The zero-order chi connectivity index (χ0) is 14.1. The van der Waals surface area contributed by atoms with Crippen LogP contribution in [-0.4, -0.2) is 46.7 Å². The lowest BCUT2D eigenvalue weighted by Crippen LogP contribution is -2.62. The molecule has 1 aliphatic carbocycles. The van der Waals surface area contributed by atoms with Crippen LogP contribution in [0.15, 0.2) is 12.2 Å². The van der Waals surface area contributed by atoms with Crippen LogP contribution in [0.25, 0.3) is 0 Å². The van der Waals surface area contributed by atoms with E-state index in [9.17, 15) is 19.8 Å². The van der Waals surface area contributed by atoms with Gasteiger partial charge in [0, 0.05) is 5.92 Å². The van der Waals surface area contributed by atoms with Crippen molar-refractivity contribution < 1.29 is 19.8 Å². The van der Waals surface area contributed by atoms with E-state index in [1.807, 2.05) is 0 Å². The van der Waals surface area contributed by atoms with E-state index in [4.69, 9.17) is 0 Å². The summed E-state index contributed by atoms with van der Waals surface area (Å²) < 4.78 is 0. The summed E-state index contributed by atoms with van der Waals surface area (Å²) >= 11 is 0. The minimum atomic E-state index is -1.26. The molecule has 18 heavy (non-hydrogen) atoms. The monoisotopic (exact) mass is 255 g/mol. The third-order valence-corrected chi connectivity index (χ3v) is 4.48. The van der Waals surface area contributed by atoms with Gasteiger partial charge in [-0.05, 0) is 26.9 Å². The van der Waals surface area contributed by atoms with Crippen LogP contribution < -0.4 is 0 Å². The van der Waals surface area contributed by atoms with E-state index in [1.54, 1.807) is 45.0 Å². The Morgan fingerprint density at radius 3 is 2.22 bits per heavy atom. The summed E-state index contributed by atoms with van der Waals surface area (Å²) in [5.74, 6) is -2.44. The molecule has 0 aromatic rings. The first-order valence-electron chi connectivity index (χ1n) is 6.07. The molecule has 3 atom stereocenters. The van der Waals surface area contributed by atoms with Crippen LogP contribution in [0.2, 0.25) is 0 Å². The largest absolute Gasteiger partial charge is 0.481 e. The molecule has 0 radical (unpaired) electrons. The maximum Gasteiger partial charge on any atom is 0.328 e. The molecule has 102 valence electrons. The fourth-order valence-electron chi connectivity index (χ4n) is 3.05. The SMILES string of the molecule is CCC1(C(=O)O)CC=CC(C(=O)O)(N(C)C)C1C. The summed E-state index contributed by atoms with van der Waals surface area (Å²) in [6.45, 7) is 3.52. The molecule has 0 aliphatic heterocycles. The van der Waals surface area contributed by atoms with E-state index in [-0.39, 0.29) is 0 Å². The maximum absolute atomic E-state index is 11.7. The third-order valence-electron chi connectivity index (χ3n) is 4.48. The second-order valence-electron chi connectivity index (χ2n) is 5.17. The second-order valence-corrected chi connectivity index (χ2v) is 5.17. The summed E-state index contributed by atoms with van der Waals surface area (Å²) in [4.78, 5) is 24.9. The molecule has 0 aromatic heterocycles. The van der Waals surface area contributed by atoms with Gasteiger partial charge in [-0.15, -0.1) is 0 Å². The van der Waals surface area contributed by atoms with Gasteiger partial charge in [0.25, 0.3) is 0 Å². The van der Waals surface area contributed by atoms with Crippen LogP contribution in [0.4, 0.5) is 0 Å². The first kappa shape index (κ1) is 14.7. The molecule has 5 nitrogen and oxygen atoms in total. The molecule has 1 aliphatic rings. The van der Waals surface area contributed by atoms with E-state index in [1.165, 1.54) is 0 Å². The van der Waals surface area contributed by atoms with Crippen LogP contribution in [0, 0.1) is 11.3 Å². The van der Waals surface area contributed by atoms with E-state index in [2.05, 4.69) is 0 Å². The maximum atomic E-state index is 11.7. The topological polar surface area (TPSA) is 77.8 Å². The Hall–Kier alpha value is -1.36. The molecular weight excluding hydrogens is 234 g/mol. The van der Waals surface area contributed by atoms with E-state index in [0.29, 0.717) is 12.8 Å². The predicted octanol–water partition coefficient (Wildman–Crippen LogP) is 1.45. The zero-order valence-electron chi connectivity index (χ0n) is 11.3. The average molecular weight is 255 g/mol. The highest BCUT2D eigenvalue weighted by Gasteiger charge is 2.57. The second kappa shape index (κ2) is 4.72. The van der Waals surface area contributed by atoms with E-state index in [0.717, 1.165) is 0 Å². The van der Waals surface area contributed by atoms with Crippen molar-refractivity contribution >= 4 is 11.9 Å². The fraction of sp³-hybridized carbons (Fsp3) is 0.692. The highest BCUT2D eigenvalue weighted by atomic mass is 16.4. The number of nitrogens with zero attached hydrogens (tertiary/aromatic N) is 1. The van der Waals surface area contributed by atoms with Gasteiger partial charge < -0.3 is 10.2 Å². The third kappa shape index (κ3) is 1.73. The average Bonchev–Trinajstić information content (AvgIpc) is 2.28. The van der Waals surface area contributed by atoms with Gasteiger partial charge in [-0.1, -0.05) is 26.0 Å².